The molecule has 0 saturated carbocycles. The van der Waals surface area contributed by atoms with Crippen LogP contribution in [0.2, 0.25) is 0 Å². The van der Waals surface area contributed by atoms with Gasteiger partial charge in [0.05, 0.1) is 6.04 Å². The van der Waals surface area contributed by atoms with Crippen molar-refractivity contribution in [1.29, 1.82) is 0 Å². The minimum absolute atomic E-state index is 0.213. The summed E-state index contributed by atoms with van der Waals surface area (Å²) in [6.07, 6.45) is 0.744. The van der Waals surface area contributed by atoms with Crippen molar-refractivity contribution in [2.24, 2.45) is 0 Å². The van der Waals surface area contributed by atoms with E-state index in [1.807, 2.05) is 0 Å². The van der Waals surface area contributed by atoms with Crippen LogP contribution in [0.1, 0.15) is 28.4 Å². The molecule has 1 aliphatic rings. The van der Waals surface area contributed by atoms with Crippen molar-refractivity contribution in [3.05, 3.63) is 65.2 Å². The second-order valence-electron chi connectivity index (χ2n) is 4.85. The molecule has 2 nitrogen and oxygen atoms in total. The SMILES string of the molecule is O=C(N[C@@H]1CCSc2ccc(F)cc21)c1ccc(F)cc1. The van der Waals surface area contributed by atoms with Gasteiger partial charge in [0.15, 0.2) is 0 Å². The molecule has 1 amide bonds. The third-order valence-electron chi connectivity index (χ3n) is 3.42. The Balaban J connectivity index is 1.81. The molecule has 0 spiro atoms. The predicted octanol–water partition coefficient (Wildman–Crippen LogP) is 3.93. The van der Waals surface area contributed by atoms with Gasteiger partial charge < -0.3 is 5.32 Å². The number of amides is 1. The molecule has 0 bridgehead atoms. The van der Waals surface area contributed by atoms with Crippen LogP contribution < -0.4 is 5.32 Å². The lowest BCUT2D eigenvalue weighted by atomic mass is 10.0. The van der Waals surface area contributed by atoms with Crippen LogP contribution in [0, 0.1) is 11.6 Å². The molecule has 1 heterocycles. The number of halogens is 2. The summed E-state index contributed by atoms with van der Waals surface area (Å²) >= 11 is 1.66. The molecule has 0 unspecified atom stereocenters. The summed E-state index contributed by atoms with van der Waals surface area (Å²) in [5, 5.41) is 2.90. The first-order valence-corrected chi connectivity index (χ1v) is 7.61. The number of hydrogen-bond acceptors (Lipinski definition) is 2. The van der Waals surface area contributed by atoms with Crippen molar-refractivity contribution in [2.75, 3.05) is 5.75 Å². The van der Waals surface area contributed by atoms with Gasteiger partial charge in [-0.3, -0.25) is 4.79 Å². The summed E-state index contributed by atoms with van der Waals surface area (Å²) in [5.74, 6) is -0.0973. The average molecular weight is 305 g/mol. The normalized spacial score (nSPS) is 17.1. The smallest absolute Gasteiger partial charge is 0.251 e. The number of thioether (sulfide) groups is 1. The largest absolute Gasteiger partial charge is 0.345 e. The van der Waals surface area contributed by atoms with Crippen molar-refractivity contribution in [2.45, 2.75) is 17.4 Å². The van der Waals surface area contributed by atoms with Gasteiger partial charge in [0, 0.05) is 16.2 Å². The molecule has 108 valence electrons. The second-order valence-corrected chi connectivity index (χ2v) is 5.99. The van der Waals surface area contributed by atoms with E-state index in [9.17, 15) is 13.6 Å². The fourth-order valence-electron chi connectivity index (χ4n) is 2.36. The molecule has 2 aromatic carbocycles. The maximum absolute atomic E-state index is 13.4. The Morgan fingerprint density at radius 2 is 1.81 bits per heavy atom. The molecule has 3 rings (SSSR count). The van der Waals surface area contributed by atoms with Gasteiger partial charge in [-0.1, -0.05) is 0 Å². The lowest BCUT2D eigenvalue weighted by Gasteiger charge is -2.26. The molecule has 0 aliphatic carbocycles. The summed E-state index contributed by atoms with van der Waals surface area (Å²) < 4.78 is 26.3. The Bertz CT molecular complexity index is 672. The molecule has 1 atom stereocenters. The van der Waals surface area contributed by atoms with Crippen LogP contribution in [0.15, 0.2) is 47.4 Å². The third-order valence-corrected chi connectivity index (χ3v) is 4.55. The van der Waals surface area contributed by atoms with Crippen molar-refractivity contribution in [3.63, 3.8) is 0 Å². The number of hydrogen-bond donors (Lipinski definition) is 1. The van der Waals surface area contributed by atoms with Crippen molar-refractivity contribution >= 4 is 17.7 Å². The number of carbonyl (C=O) groups is 1. The van der Waals surface area contributed by atoms with E-state index in [0.717, 1.165) is 22.6 Å². The third kappa shape index (κ3) is 3.08. The summed E-state index contributed by atoms with van der Waals surface area (Å²) in [6, 6.07) is 9.80. The maximum Gasteiger partial charge on any atom is 0.251 e. The number of rotatable bonds is 2. The predicted molar refractivity (Wildman–Crippen MR) is 78.3 cm³/mol. The second kappa shape index (κ2) is 5.85. The van der Waals surface area contributed by atoms with E-state index >= 15 is 0 Å². The maximum atomic E-state index is 13.4. The summed E-state index contributed by atoms with van der Waals surface area (Å²) in [7, 11) is 0. The van der Waals surface area contributed by atoms with Gasteiger partial charge in [-0.15, -0.1) is 11.8 Å². The van der Waals surface area contributed by atoms with Gasteiger partial charge in [-0.05, 0) is 54.4 Å². The van der Waals surface area contributed by atoms with Gasteiger partial charge in [0.1, 0.15) is 11.6 Å². The topological polar surface area (TPSA) is 29.1 Å². The average Bonchev–Trinajstić information content (AvgIpc) is 2.48. The standard InChI is InChI=1S/C16H13F2NOS/c17-11-3-1-10(2-4-11)16(20)19-14-7-8-21-15-6-5-12(18)9-13(14)15/h1-6,9,14H,7-8H2,(H,19,20)/t14-/m1/s1. The fourth-order valence-corrected chi connectivity index (χ4v) is 3.46. The lowest BCUT2D eigenvalue weighted by Crippen LogP contribution is -2.30. The van der Waals surface area contributed by atoms with Crippen LogP contribution in [-0.4, -0.2) is 11.7 Å². The molecular formula is C16H13F2NOS. The van der Waals surface area contributed by atoms with Crippen LogP contribution >= 0.6 is 11.8 Å². The van der Waals surface area contributed by atoms with Crippen LogP contribution in [0.25, 0.3) is 0 Å². The molecule has 0 aromatic heterocycles. The summed E-state index contributed by atoms with van der Waals surface area (Å²) in [4.78, 5) is 13.2. The summed E-state index contributed by atoms with van der Waals surface area (Å²) in [5.41, 5.74) is 1.20. The molecule has 2 aromatic rings. The first-order chi connectivity index (χ1) is 10.1. The lowest BCUT2D eigenvalue weighted by molar-refractivity contribution is 0.0935. The number of benzene rings is 2. The highest BCUT2D eigenvalue weighted by Gasteiger charge is 2.23. The Labute approximate surface area is 125 Å². The minimum atomic E-state index is -0.381. The van der Waals surface area contributed by atoms with E-state index in [2.05, 4.69) is 5.32 Å². The van der Waals surface area contributed by atoms with Crippen molar-refractivity contribution in [3.8, 4) is 0 Å². The van der Waals surface area contributed by atoms with E-state index in [-0.39, 0.29) is 23.6 Å². The highest BCUT2D eigenvalue weighted by atomic mass is 32.2. The van der Waals surface area contributed by atoms with Crippen molar-refractivity contribution < 1.29 is 13.6 Å². The number of fused-ring (bicyclic) bond motifs is 1. The summed E-state index contributed by atoms with van der Waals surface area (Å²) in [6.45, 7) is 0. The molecule has 1 aliphatic heterocycles. The molecule has 0 saturated heterocycles. The molecule has 0 radical (unpaired) electrons. The van der Waals surface area contributed by atoms with Gasteiger partial charge in [0.2, 0.25) is 0 Å². The molecule has 21 heavy (non-hydrogen) atoms. The van der Waals surface area contributed by atoms with E-state index in [0.29, 0.717) is 5.56 Å². The highest BCUT2D eigenvalue weighted by Crippen LogP contribution is 2.36. The van der Waals surface area contributed by atoms with Crippen LogP contribution in [-0.2, 0) is 0 Å². The zero-order valence-electron chi connectivity index (χ0n) is 11.1. The Morgan fingerprint density at radius 3 is 2.57 bits per heavy atom. The van der Waals surface area contributed by atoms with Gasteiger partial charge in [-0.2, -0.15) is 0 Å². The van der Waals surface area contributed by atoms with E-state index < -0.39 is 0 Å². The Hall–Kier alpha value is -1.88. The van der Waals surface area contributed by atoms with Gasteiger partial charge >= 0.3 is 0 Å². The minimum Gasteiger partial charge on any atom is -0.345 e. The van der Waals surface area contributed by atoms with E-state index in [1.54, 1.807) is 17.8 Å². The first kappa shape index (κ1) is 14.1. The molecular weight excluding hydrogens is 292 g/mol. The Morgan fingerprint density at radius 1 is 1.10 bits per heavy atom. The number of nitrogens with one attached hydrogen (secondary N) is 1. The first-order valence-electron chi connectivity index (χ1n) is 6.62. The van der Waals surface area contributed by atoms with E-state index in [4.69, 9.17) is 0 Å². The van der Waals surface area contributed by atoms with Crippen molar-refractivity contribution in [1.82, 2.24) is 5.32 Å². The van der Waals surface area contributed by atoms with Gasteiger partial charge in [-0.25, -0.2) is 8.78 Å². The van der Waals surface area contributed by atoms with Gasteiger partial charge in [0.25, 0.3) is 5.91 Å². The highest BCUT2D eigenvalue weighted by molar-refractivity contribution is 7.99. The van der Waals surface area contributed by atoms with Crippen LogP contribution in [0.4, 0.5) is 8.78 Å². The molecule has 5 heteroatoms. The van der Waals surface area contributed by atoms with E-state index in [1.165, 1.54) is 36.4 Å². The fraction of sp³-hybridized carbons (Fsp3) is 0.188. The number of carbonyl (C=O) groups excluding carboxylic acids is 1. The zero-order chi connectivity index (χ0) is 14.8. The van der Waals surface area contributed by atoms with Crippen LogP contribution in [0.5, 0.6) is 0 Å². The quantitative estimate of drug-likeness (QED) is 0.911. The van der Waals surface area contributed by atoms with Crippen LogP contribution in [0.3, 0.4) is 0 Å². The monoisotopic (exact) mass is 305 g/mol. The molecule has 1 N–H and O–H groups in total. The molecule has 0 fully saturated rings. The zero-order valence-corrected chi connectivity index (χ0v) is 11.9. The Kier molecular flexibility index (Phi) is 3.92.